The molecule has 31 heavy (non-hydrogen) atoms. The van der Waals surface area contributed by atoms with Crippen LogP contribution in [0, 0.1) is 0 Å². The summed E-state index contributed by atoms with van der Waals surface area (Å²) < 4.78 is 5.89. The third-order valence-corrected chi connectivity index (χ3v) is 5.79. The van der Waals surface area contributed by atoms with Crippen LogP contribution in [0.2, 0.25) is 0 Å². The number of rotatable bonds is 9. The van der Waals surface area contributed by atoms with Crippen LogP contribution in [-0.4, -0.2) is 43.3 Å². The molecule has 1 saturated heterocycles. The van der Waals surface area contributed by atoms with E-state index in [0.29, 0.717) is 17.9 Å². The van der Waals surface area contributed by atoms with Gasteiger partial charge in [-0.1, -0.05) is 66.4 Å². The Labute approximate surface area is 188 Å². The van der Waals surface area contributed by atoms with Crippen molar-refractivity contribution in [1.29, 1.82) is 0 Å². The minimum atomic E-state index is -1.32. The van der Waals surface area contributed by atoms with Crippen LogP contribution in [0.1, 0.15) is 24.0 Å². The zero-order valence-corrected chi connectivity index (χ0v) is 17.9. The molecular weight excluding hydrogens is 438 g/mol. The second kappa shape index (κ2) is 10.2. The van der Waals surface area contributed by atoms with Crippen molar-refractivity contribution in [2.24, 2.45) is 0 Å². The molecule has 1 atom stereocenters. The monoisotopic (exact) mass is 457 g/mol. The number of benzene rings is 2. The van der Waals surface area contributed by atoms with E-state index in [1.54, 1.807) is 30.3 Å². The molecule has 0 bridgehead atoms. The summed E-state index contributed by atoms with van der Waals surface area (Å²) in [7, 11) is 0. The largest absolute Gasteiger partial charge is 0.489 e. The lowest BCUT2D eigenvalue weighted by molar-refractivity contribution is -0.146. The highest BCUT2D eigenvalue weighted by atomic mass is 32.2. The van der Waals surface area contributed by atoms with E-state index in [9.17, 15) is 19.5 Å². The first-order chi connectivity index (χ1) is 14.8. The number of carboxylic acids is 2. The summed E-state index contributed by atoms with van der Waals surface area (Å²) in [6, 6.07) is 15.5. The summed E-state index contributed by atoms with van der Waals surface area (Å²) in [5.74, 6) is -2.36. The third-order valence-electron chi connectivity index (χ3n) is 4.46. The van der Waals surface area contributed by atoms with E-state index in [0.717, 1.165) is 22.2 Å². The van der Waals surface area contributed by atoms with Crippen molar-refractivity contribution < 1.29 is 29.3 Å². The van der Waals surface area contributed by atoms with Gasteiger partial charge in [0.15, 0.2) is 0 Å². The van der Waals surface area contributed by atoms with E-state index in [-0.39, 0.29) is 22.1 Å². The fraction of sp³-hybridized carbons (Fsp3) is 0.182. The predicted octanol–water partition coefficient (Wildman–Crippen LogP) is 3.78. The number of carbonyl (C=O) groups excluding carboxylic acids is 1. The maximum absolute atomic E-state index is 12.8. The van der Waals surface area contributed by atoms with E-state index in [4.69, 9.17) is 22.1 Å². The van der Waals surface area contributed by atoms with Gasteiger partial charge in [-0.05, 0) is 35.8 Å². The van der Waals surface area contributed by atoms with Crippen LogP contribution >= 0.6 is 24.0 Å². The second-order valence-corrected chi connectivity index (χ2v) is 8.36. The van der Waals surface area contributed by atoms with Gasteiger partial charge in [0.1, 0.15) is 22.7 Å². The smallest absolute Gasteiger partial charge is 0.326 e. The van der Waals surface area contributed by atoms with Crippen molar-refractivity contribution in [2.75, 3.05) is 0 Å². The first-order valence-corrected chi connectivity index (χ1v) is 10.6. The van der Waals surface area contributed by atoms with Crippen LogP contribution in [0.5, 0.6) is 5.75 Å². The van der Waals surface area contributed by atoms with Crippen LogP contribution in [-0.2, 0) is 21.0 Å². The Balaban J connectivity index is 1.74. The highest BCUT2D eigenvalue weighted by molar-refractivity contribution is 8.26. The first-order valence-electron chi connectivity index (χ1n) is 9.33. The van der Waals surface area contributed by atoms with Gasteiger partial charge in [0, 0.05) is 6.42 Å². The van der Waals surface area contributed by atoms with E-state index >= 15 is 0 Å². The maximum Gasteiger partial charge on any atom is 0.326 e. The molecule has 1 aliphatic rings. The summed E-state index contributed by atoms with van der Waals surface area (Å²) in [6.45, 7) is 0.399. The zero-order chi connectivity index (χ0) is 22.4. The number of hydrogen-bond acceptors (Lipinski definition) is 6. The molecule has 2 N–H and O–H groups in total. The lowest BCUT2D eigenvalue weighted by atomic mass is 10.1. The summed E-state index contributed by atoms with van der Waals surface area (Å²) in [6.07, 6.45) is 1.01. The van der Waals surface area contributed by atoms with Crippen molar-refractivity contribution in [3.8, 4) is 5.75 Å². The van der Waals surface area contributed by atoms with Gasteiger partial charge >= 0.3 is 11.9 Å². The van der Waals surface area contributed by atoms with Gasteiger partial charge in [-0.2, -0.15) is 0 Å². The van der Waals surface area contributed by atoms with Crippen LogP contribution in [0.15, 0.2) is 59.5 Å². The molecule has 2 aromatic carbocycles. The predicted molar refractivity (Wildman–Crippen MR) is 121 cm³/mol. The molecule has 160 valence electrons. The number of amides is 1. The normalized spacial score (nSPS) is 15.9. The molecule has 1 aliphatic heterocycles. The van der Waals surface area contributed by atoms with Gasteiger partial charge in [0.2, 0.25) is 0 Å². The minimum absolute atomic E-state index is 0.0884. The molecule has 2 aromatic rings. The average molecular weight is 458 g/mol. The zero-order valence-electron chi connectivity index (χ0n) is 16.3. The van der Waals surface area contributed by atoms with E-state index in [1.165, 1.54) is 0 Å². The second-order valence-electron chi connectivity index (χ2n) is 6.68. The lowest BCUT2D eigenvalue weighted by Gasteiger charge is -2.22. The topological polar surface area (TPSA) is 104 Å². The van der Waals surface area contributed by atoms with Gasteiger partial charge in [-0.15, -0.1) is 0 Å². The van der Waals surface area contributed by atoms with Gasteiger partial charge in [-0.25, -0.2) is 4.79 Å². The molecule has 7 nitrogen and oxygen atoms in total. The quantitative estimate of drug-likeness (QED) is 0.433. The van der Waals surface area contributed by atoms with Gasteiger partial charge in [0.25, 0.3) is 5.91 Å². The number of aliphatic carboxylic acids is 2. The summed E-state index contributed by atoms with van der Waals surface area (Å²) >= 11 is 6.19. The Morgan fingerprint density at radius 1 is 1.13 bits per heavy atom. The molecular formula is C22H19NO6S2. The number of carboxylic acid groups (broad SMARTS) is 2. The number of carbonyl (C=O) groups is 3. The van der Waals surface area contributed by atoms with Gasteiger partial charge in [0.05, 0.1) is 4.91 Å². The van der Waals surface area contributed by atoms with Crippen LogP contribution in [0.3, 0.4) is 0 Å². The standard InChI is InChI=1S/C22H19NO6S2/c24-19(25)10-9-17(21(27)28)23-20(26)18(31-22(23)30)12-15-7-4-8-16(11-15)29-13-14-5-2-1-3-6-14/h1-8,11-12,17H,9-10,13H2,(H,24,25)(H,27,28)/b18-12-. The van der Waals surface area contributed by atoms with Crippen LogP contribution in [0.4, 0.5) is 0 Å². The molecule has 0 spiro atoms. The molecule has 1 amide bonds. The Kier molecular flexibility index (Phi) is 7.43. The van der Waals surface area contributed by atoms with E-state index in [1.807, 2.05) is 30.3 Å². The van der Waals surface area contributed by atoms with E-state index in [2.05, 4.69) is 0 Å². The average Bonchev–Trinajstić information content (AvgIpc) is 3.01. The van der Waals surface area contributed by atoms with Crippen molar-refractivity contribution in [2.45, 2.75) is 25.5 Å². The minimum Gasteiger partial charge on any atom is -0.489 e. The number of ether oxygens (including phenoxy) is 1. The lowest BCUT2D eigenvalue weighted by Crippen LogP contribution is -2.44. The molecule has 0 aliphatic carbocycles. The van der Waals surface area contributed by atoms with Crippen molar-refractivity contribution in [1.82, 2.24) is 4.90 Å². The van der Waals surface area contributed by atoms with Crippen molar-refractivity contribution in [3.05, 3.63) is 70.6 Å². The molecule has 0 aromatic heterocycles. The summed E-state index contributed by atoms with van der Waals surface area (Å²) in [4.78, 5) is 36.5. The Morgan fingerprint density at radius 2 is 1.87 bits per heavy atom. The number of thioether (sulfide) groups is 1. The highest BCUT2D eigenvalue weighted by Gasteiger charge is 2.40. The Bertz CT molecular complexity index is 1040. The third kappa shape index (κ3) is 5.93. The maximum atomic E-state index is 12.8. The molecule has 0 radical (unpaired) electrons. The first kappa shape index (κ1) is 22.5. The molecule has 0 saturated carbocycles. The molecule has 9 heteroatoms. The fourth-order valence-corrected chi connectivity index (χ4v) is 4.31. The van der Waals surface area contributed by atoms with Crippen molar-refractivity contribution in [3.63, 3.8) is 0 Å². The van der Waals surface area contributed by atoms with Crippen LogP contribution < -0.4 is 4.74 Å². The number of thiocarbonyl (C=S) groups is 1. The van der Waals surface area contributed by atoms with Crippen LogP contribution in [0.25, 0.3) is 6.08 Å². The molecule has 1 unspecified atom stereocenters. The Morgan fingerprint density at radius 3 is 2.55 bits per heavy atom. The van der Waals surface area contributed by atoms with E-state index < -0.39 is 23.9 Å². The molecule has 1 heterocycles. The number of hydrogen-bond donors (Lipinski definition) is 2. The molecule has 1 fully saturated rings. The Hall–Kier alpha value is -3.17. The number of nitrogens with zero attached hydrogens (tertiary/aromatic N) is 1. The van der Waals surface area contributed by atoms with Gasteiger partial charge < -0.3 is 14.9 Å². The summed E-state index contributed by atoms with van der Waals surface area (Å²) in [5.41, 5.74) is 1.72. The molecule has 3 rings (SSSR count). The van der Waals surface area contributed by atoms with Crippen molar-refractivity contribution >= 4 is 52.2 Å². The summed E-state index contributed by atoms with van der Waals surface area (Å²) in [5, 5.41) is 18.3. The highest BCUT2D eigenvalue weighted by Crippen LogP contribution is 2.35. The van der Waals surface area contributed by atoms with Gasteiger partial charge in [-0.3, -0.25) is 14.5 Å². The fourth-order valence-electron chi connectivity index (χ4n) is 2.96. The SMILES string of the molecule is O=C(O)CCC(C(=O)O)N1C(=O)/C(=C/c2cccc(OCc3ccccc3)c2)SC1=S.